The highest BCUT2D eigenvalue weighted by Gasteiger charge is 2.53. The zero-order valence-corrected chi connectivity index (χ0v) is 36.2. The highest BCUT2D eigenvalue weighted by Crippen LogP contribution is 2.62. The summed E-state index contributed by atoms with van der Waals surface area (Å²) < 4.78 is 2.35. The van der Waals surface area contributed by atoms with E-state index in [-0.39, 0.29) is 5.41 Å². The van der Waals surface area contributed by atoms with Gasteiger partial charge in [-0.2, -0.15) is 0 Å². The van der Waals surface area contributed by atoms with Crippen LogP contribution in [0.1, 0.15) is 47.2 Å². The number of hydrogen-bond acceptors (Lipinski definition) is 2. The molecule has 11 aromatic rings. The number of para-hydroxylation sites is 2. The Morgan fingerprint density at radius 2 is 0.831 bits per heavy atom. The van der Waals surface area contributed by atoms with Gasteiger partial charge >= 0.3 is 0 Å². The average molecular weight is 830 g/mol. The third kappa shape index (κ3) is 5.49. The van der Waals surface area contributed by atoms with E-state index in [1.165, 1.54) is 71.9 Å². The molecule has 0 saturated carbocycles. The van der Waals surface area contributed by atoms with Crippen molar-refractivity contribution < 1.29 is 0 Å². The summed E-state index contributed by atoms with van der Waals surface area (Å²) in [6.45, 7) is 4.76. The predicted molar refractivity (Wildman–Crippen MR) is 268 cm³/mol. The molecule has 0 bridgehead atoms. The third-order valence-corrected chi connectivity index (χ3v) is 14.3. The normalized spacial score (nSPS) is 13.9. The van der Waals surface area contributed by atoms with Gasteiger partial charge in [0.2, 0.25) is 0 Å². The summed E-state index contributed by atoms with van der Waals surface area (Å²) in [5, 5.41) is 2.49. The summed E-state index contributed by atoms with van der Waals surface area (Å²) in [6.07, 6.45) is 0. The minimum Gasteiger partial charge on any atom is -0.309 e. The monoisotopic (exact) mass is 829 g/mol. The van der Waals surface area contributed by atoms with Crippen molar-refractivity contribution in [3.8, 4) is 61.8 Å². The molecule has 0 unspecified atom stereocenters. The lowest BCUT2D eigenvalue weighted by Gasteiger charge is -2.46. The second-order valence-corrected chi connectivity index (χ2v) is 18.1. The van der Waals surface area contributed by atoms with Gasteiger partial charge in [-0.15, -0.1) is 0 Å². The molecule has 0 saturated heterocycles. The van der Waals surface area contributed by atoms with Crippen LogP contribution in [0.25, 0.3) is 83.6 Å². The Morgan fingerprint density at radius 1 is 0.338 bits per heavy atom. The summed E-state index contributed by atoms with van der Waals surface area (Å²) in [5.74, 6) is 0.690. The Kier molecular flexibility index (Phi) is 8.17. The van der Waals surface area contributed by atoms with E-state index >= 15 is 0 Å². The molecule has 306 valence electrons. The van der Waals surface area contributed by atoms with Gasteiger partial charge in [-0.3, -0.25) is 0 Å². The van der Waals surface area contributed by atoms with Crippen LogP contribution in [0.3, 0.4) is 0 Å². The average Bonchev–Trinajstić information content (AvgIpc) is 3.86. The van der Waals surface area contributed by atoms with Crippen LogP contribution in [0.15, 0.2) is 224 Å². The molecule has 0 amide bonds. The first kappa shape index (κ1) is 37.4. The number of nitrogens with zero attached hydrogens (tertiary/aromatic N) is 3. The Hall–Kier alpha value is -8.14. The van der Waals surface area contributed by atoms with Gasteiger partial charge in [0.05, 0.1) is 27.8 Å². The number of aromatic nitrogens is 3. The van der Waals surface area contributed by atoms with E-state index in [0.29, 0.717) is 5.82 Å². The molecule has 2 heterocycles. The first-order valence-corrected chi connectivity index (χ1v) is 22.6. The second-order valence-electron chi connectivity index (χ2n) is 18.1. The summed E-state index contributed by atoms with van der Waals surface area (Å²) in [4.78, 5) is 10.5. The van der Waals surface area contributed by atoms with Crippen molar-refractivity contribution in [1.29, 1.82) is 0 Å². The summed E-state index contributed by atoms with van der Waals surface area (Å²) in [5.41, 5.74) is 20.8. The molecule has 0 fully saturated rings. The van der Waals surface area contributed by atoms with Crippen molar-refractivity contribution in [2.45, 2.75) is 24.7 Å². The topological polar surface area (TPSA) is 30.7 Å². The molecule has 1 spiro atoms. The van der Waals surface area contributed by atoms with Gasteiger partial charge in [-0.05, 0) is 110 Å². The molecule has 9 aromatic carbocycles. The quantitative estimate of drug-likeness (QED) is 0.173. The molecular weight excluding hydrogens is 787 g/mol. The van der Waals surface area contributed by atoms with E-state index in [2.05, 4.69) is 237 Å². The third-order valence-electron chi connectivity index (χ3n) is 14.3. The molecule has 0 aliphatic heterocycles. The fourth-order valence-corrected chi connectivity index (χ4v) is 11.3. The highest BCUT2D eigenvalue weighted by atomic mass is 15.0. The van der Waals surface area contributed by atoms with Gasteiger partial charge in [0.15, 0.2) is 5.82 Å². The molecule has 2 aliphatic rings. The van der Waals surface area contributed by atoms with Gasteiger partial charge in [-0.25, -0.2) is 9.97 Å². The van der Waals surface area contributed by atoms with Crippen molar-refractivity contribution in [1.82, 2.24) is 14.5 Å². The molecule has 0 atom stereocenters. The Balaban J connectivity index is 0.944. The molecule has 2 aliphatic carbocycles. The van der Waals surface area contributed by atoms with Crippen molar-refractivity contribution >= 4 is 21.8 Å². The lowest BCUT2D eigenvalue weighted by molar-refractivity contribution is 0.563. The number of hydrogen-bond donors (Lipinski definition) is 0. The van der Waals surface area contributed by atoms with Gasteiger partial charge in [0.1, 0.15) is 0 Å². The summed E-state index contributed by atoms with van der Waals surface area (Å²) in [7, 11) is 0. The maximum absolute atomic E-state index is 5.33. The van der Waals surface area contributed by atoms with E-state index in [0.717, 1.165) is 39.3 Å². The summed E-state index contributed by atoms with van der Waals surface area (Å²) >= 11 is 0. The molecule has 2 aromatic heterocycles. The first-order chi connectivity index (χ1) is 32.0. The molecule has 0 radical (unpaired) electrons. The van der Waals surface area contributed by atoms with Gasteiger partial charge in [-0.1, -0.05) is 184 Å². The van der Waals surface area contributed by atoms with Crippen LogP contribution >= 0.6 is 0 Å². The number of fused-ring (bicyclic) bond motifs is 12. The van der Waals surface area contributed by atoms with E-state index < -0.39 is 5.41 Å². The van der Waals surface area contributed by atoms with E-state index in [1.54, 1.807) is 0 Å². The largest absolute Gasteiger partial charge is 0.309 e. The van der Waals surface area contributed by atoms with Crippen LogP contribution in [0, 0.1) is 0 Å². The zero-order valence-electron chi connectivity index (χ0n) is 36.2. The smallest absolute Gasteiger partial charge is 0.160 e. The van der Waals surface area contributed by atoms with Crippen LogP contribution in [0.2, 0.25) is 0 Å². The fraction of sp³-hybridized carbons (Fsp3) is 0.0645. The van der Waals surface area contributed by atoms with Crippen molar-refractivity contribution in [3.05, 3.63) is 258 Å². The van der Waals surface area contributed by atoms with Gasteiger partial charge < -0.3 is 4.57 Å². The van der Waals surface area contributed by atoms with E-state index in [1.807, 2.05) is 6.07 Å². The molecule has 3 heteroatoms. The lowest BCUT2D eigenvalue weighted by atomic mass is 9.55. The SMILES string of the molecule is CC1(C)c2ccccc2C2(c3ccccc3-c3ccc(-c4cccc(-c5cc(-c6ccccc6)nc(-c6ccc(-n7c8ccccc8c8ccccc87)cc6)n5)c4)cc32)c2ccccc21. The van der Waals surface area contributed by atoms with Crippen molar-refractivity contribution in [2.75, 3.05) is 0 Å². The molecular formula is C62H43N3. The Morgan fingerprint density at radius 3 is 1.51 bits per heavy atom. The van der Waals surface area contributed by atoms with Crippen LogP contribution in [-0.4, -0.2) is 14.5 Å². The second kappa shape index (κ2) is 14.2. The standard InChI is InChI=1S/C62H43N3/c1-61(2)51-25-10-12-27-53(51)62(54-28-13-11-26-52(54)61)50-24-9-6-21-46(50)47-36-33-43(38-55(47)62)42-19-16-20-44(37-42)57-39-56(40-17-4-3-5-18-40)63-60(64-57)41-31-34-45(35-32-41)65-58-29-14-7-22-48(58)49-23-8-15-30-59(49)65/h3-39H,1-2H3. The van der Waals surface area contributed by atoms with Crippen LogP contribution < -0.4 is 0 Å². The van der Waals surface area contributed by atoms with Crippen molar-refractivity contribution in [3.63, 3.8) is 0 Å². The zero-order chi connectivity index (χ0) is 43.3. The van der Waals surface area contributed by atoms with Crippen LogP contribution in [0.5, 0.6) is 0 Å². The Bertz CT molecular complexity index is 3580. The maximum Gasteiger partial charge on any atom is 0.160 e. The minimum atomic E-state index is -0.453. The van der Waals surface area contributed by atoms with Crippen LogP contribution in [0.4, 0.5) is 0 Å². The van der Waals surface area contributed by atoms with Crippen molar-refractivity contribution in [2.24, 2.45) is 0 Å². The van der Waals surface area contributed by atoms with E-state index in [9.17, 15) is 0 Å². The molecule has 13 rings (SSSR count). The predicted octanol–water partition coefficient (Wildman–Crippen LogP) is 15.2. The lowest BCUT2D eigenvalue weighted by Crippen LogP contribution is -2.40. The first-order valence-electron chi connectivity index (χ1n) is 22.6. The van der Waals surface area contributed by atoms with Crippen LogP contribution in [-0.2, 0) is 10.8 Å². The maximum atomic E-state index is 5.33. The highest BCUT2D eigenvalue weighted by molar-refractivity contribution is 6.09. The Labute approximate surface area is 379 Å². The summed E-state index contributed by atoms with van der Waals surface area (Å²) in [6, 6.07) is 81.9. The molecule has 3 nitrogen and oxygen atoms in total. The van der Waals surface area contributed by atoms with Gasteiger partial charge in [0.25, 0.3) is 0 Å². The molecule has 65 heavy (non-hydrogen) atoms. The molecule has 0 N–H and O–H groups in total. The fourth-order valence-electron chi connectivity index (χ4n) is 11.3. The van der Waals surface area contributed by atoms with E-state index in [4.69, 9.17) is 9.97 Å². The minimum absolute atomic E-state index is 0.147. The number of benzene rings is 9. The van der Waals surface area contributed by atoms with Gasteiger partial charge in [0, 0.05) is 38.6 Å². The number of rotatable bonds is 5.